The maximum absolute atomic E-state index is 11.6. The first kappa shape index (κ1) is 14.0. The lowest BCUT2D eigenvalue weighted by Crippen LogP contribution is -2.27. The summed E-state index contributed by atoms with van der Waals surface area (Å²) in [5, 5.41) is 2.61. The van der Waals surface area contributed by atoms with Crippen molar-refractivity contribution < 1.29 is 9.53 Å². The van der Waals surface area contributed by atoms with Crippen molar-refractivity contribution in [2.45, 2.75) is 40.2 Å². The molecule has 0 spiro atoms. The minimum atomic E-state index is -0.510. The number of nitrogens with one attached hydrogen (secondary N) is 1. The zero-order valence-corrected chi connectivity index (χ0v) is 12.3. The molecule has 0 bridgehead atoms. The number of hydrogen-bond acceptors (Lipinski definition) is 3. The smallest absolute Gasteiger partial charge is 0.413 e. The first-order valence-corrected chi connectivity index (χ1v) is 6.12. The summed E-state index contributed by atoms with van der Waals surface area (Å²) in [7, 11) is 0. The van der Waals surface area contributed by atoms with Gasteiger partial charge in [0.25, 0.3) is 0 Å². The maximum atomic E-state index is 11.6. The summed E-state index contributed by atoms with van der Waals surface area (Å²) in [5.41, 5.74) is 1.34. The molecule has 0 saturated carbocycles. The molecule has 0 radical (unpaired) electrons. The topological polar surface area (TPSA) is 51.2 Å². The molecule has 0 aliphatic rings. The molecule has 94 valence electrons. The number of carbonyl (C=O) groups excluding carboxylic acids is 1. The molecule has 1 rings (SSSR count). The number of amides is 1. The molecule has 5 heteroatoms. The molecule has 0 aromatic carbocycles. The van der Waals surface area contributed by atoms with Crippen LogP contribution in [0.2, 0.25) is 0 Å². The molecule has 1 heterocycles. The average Bonchev–Trinajstić information content (AvgIpc) is 2.10. The minimum Gasteiger partial charge on any atom is -0.444 e. The molecular weight excluding hydrogens is 284 g/mol. The number of rotatable bonds is 1. The van der Waals surface area contributed by atoms with E-state index in [-0.39, 0.29) is 0 Å². The van der Waals surface area contributed by atoms with Crippen LogP contribution in [0.4, 0.5) is 10.6 Å². The largest absolute Gasteiger partial charge is 0.444 e. The van der Waals surface area contributed by atoms with Crippen LogP contribution < -0.4 is 5.32 Å². The predicted octanol–water partition coefficient (Wildman–Crippen LogP) is 3.81. The quantitative estimate of drug-likeness (QED) is 0.858. The maximum Gasteiger partial charge on any atom is 0.413 e. The van der Waals surface area contributed by atoms with Crippen LogP contribution in [0, 0.1) is 13.8 Å². The second kappa shape index (κ2) is 5.04. The van der Waals surface area contributed by atoms with Crippen molar-refractivity contribution in [2.75, 3.05) is 5.32 Å². The molecule has 0 fully saturated rings. The number of pyridine rings is 1. The van der Waals surface area contributed by atoms with E-state index in [9.17, 15) is 4.79 Å². The zero-order chi connectivity index (χ0) is 13.2. The van der Waals surface area contributed by atoms with Gasteiger partial charge in [0.2, 0.25) is 0 Å². The molecule has 0 aliphatic carbocycles. The summed E-state index contributed by atoms with van der Waals surface area (Å²) in [6, 6.07) is 1.79. The van der Waals surface area contributed by atoms with Crippen LogP contribution in [0.15, 0.2) is 10.5 Å². The highest BCUT2D eigenvalue weighted by atomic mass is 79.9. The van der Waals surface area contributed by atoms with Gasteiger partial charge in [0.05, 0.1) is 5.69 Å². The lowest BCUT2D eigenvalue weighted by atomic mass is 10.2. The van der Waals surface area contributed by atoms with E-state index in [1.54, 1.807) is 6.07 Å². The van der Waals surface area contributed by atoms with Crippen molar-refractivity contribution in [1.29, 1.82) is 0 Å². The molecule has 1 amide bonds. The third-order valence-electron chi connectivity index (χ3n) is 1.93. The lowest BCUT2D eigenvalue weighted by Gasteiger charge is -2.19. The van der Waals surface area contributed by atoms with Crippen molar-refractivity contribution in [3.05, 3.63) is 21.8 Å². The van der Waals surface area contributed by atoms with Gasteiger partial charge in [-0.15, -0.1) is 0 Å². The first-order valence-electron chi connectivity index (χ1n) is 5.33. The number of halogens is 1. The molecule has 1 aromatic rings. The standard InChI is InChI=1S/C12H17BrN2O2/c1-7-6-9(14-8(2)10(7)13)15-11(16)17-12(3,4)5/h6H,1-5H3,(H,14,15,16). The Bertz CT molecular complexity index is 416. The van der Waals surface area contributed by atoms with Crippen LogP contribution in [0.3, 0.4) is 0 Å². The molecule has 4 nitrogen and oxygen atoms in total. The molecule has 1 N–H and O–H groups in total. The Hall–Kier alpha value is -1.10. The van der Waals surface area contributed by atoms with Crippen LogP contribution in [0.1, 0.15) is 32.0 Å². The number of aromatic nitrogens is 1. The van der Waals surface area contributed by atoms with Crippen molar-refractivity contribution >= 4 is 27.8 Å². The zero-order valence-electron chi connectivity index (χ0n) is 10.7. The van der Waals surface area contributed by atoms with Crippen molar-refractivity contribution in [3.63, 3.8) is 0 Å². The van der Waals surface area contributed by atoms with Crippen molar-refractivity contribution in [2.24, 2.45) is 0 Å². The normalized spacial score (nSPS) is 11.2. The summed E-state index contributed by atoms with van der Waals surface area (Å²) in [6.07, 6.45) is -0.494. The Morgan fingerprint density at radius 2 is 2.00 bits per heavy atom. The van der Waals surface area contributed by atoms with E-state index in [0.717, 1.165) is 15.7 Å². The number of hydrogen-bond donors (Lipinski definition) is 1. The van der Waals surface area contributed by atoms with Crippen molar-refractivity contribution in [3.8, 4) is 0 Å². The van der Waals surface area contributed by atoms with Gasteiger partial charge in [0.1, 0.15) is 11.4 Å². The van der Waals surface area contributed by atoms with E-state index in [1.807, 2.05) is 34.6 Å². The number of aryl methyl sites for hydroxylation is 2. The molecule has 17 heavy (non-hydrogen) atoms. The van der Waals surface area contributed by atoms with Gasteiger partial charge in [-0.2, -0.15) is 0 Å². The second-order valence-corrected chi connectivity index (χ2v) is 5.64. The van der Waals surface area contributed by atoms with E-state index >= 15 is 0 Å². The lowest BCUT2D eigenvalue weighted by molar-refractivity contribution is 0.0635. The number of carbonyl (C=O) groups is 1. The van der Waals surface area contributed by atoms with Crippen LogP contribution in [0.5, 0.6) is 0 Å². The van der Waals surface area contributed by atoms with E-state index in [0.29, 0.717) is 5.82 Å². The fourth-order valence-electron chi connectivity index (χ4n) is 1.29. The molecule has 0 saturated heterocycles. The van der Waals surface area contributed by atoms with Gasteiger partial charge in [-0.3, -0.25) is 5.32 Å². The molecule has 1 aromatic heterocycles. The minimum absolute atomic E-state index is 0.494. The van der Waals surface area contributed by atoms with Gasteiger partial charge < -0.3 is 4.74 Å². The van der Waals surface area contributed by atoms with Crippen LogP contribution >= 0.6 is 15.9 Å². The van der Waals surface area contributed by atoms with Crippen LogP contribution in [0.25, 0.3) is 0 Å². The monoisotopic (exact) mass is 300 g/mol. The molecule has 0 atom stereocenters. The fourth-order valence-corrected chi connectivity index (χ4v) is 1.49. The van der Waals surface area contributed by atoms with Crippen molar-refractivity contribution in [1.82, 2.24) is 4.98 Å². The Labute approximate surface area is 110 Å². The number of nitrogens with zero attached hydrogens (tertiary/aromatic N) is 1. The van der Waals surface area contributed by atoms with Gasteiger partial charge in [0, 0.05) is 4.47 Å². The Morgan fingerprint density at radius 3 is 2.47 bits per heavy atom. The third-order valence-corrected chi connectivity index (χ3v) is 3.13. The second-order valence-electron chi connectivity index (χ2n) is 4.85. The fraction of sp³-hybridized carbons (Fsp3) is 0.500. The Kier molecular flexibility index (Phi) is 4.14. The molecular formula is C12H17BrN2O2. The molecule has 0 unspecified atom stereocenters. The highest BCUT2D eigenvalue weighted by Crippen LogP contribution is 2.22. The number of ether oxygens (including phenoxy) is 1. The highest BCUT2D eigenvalue weighted by molar-refractivity contribution is 9.10. The van der Waals surface area contributed by atoms with Gasteiger partial charge in [-0.25, -0.2) is 9.78 Å². The summed E-state index contributed by atoms with van der Waals surface area (Å²) in [5.74, 6) is 0.498. The predicted molar refractivity (Wildman–Crippen MR) is 71.3 cm³/mol. The van der Waals surface area contributed by atoms with E-state index in [4.69, 9.17) is 4.74 Å². The van der Waals surface area contributed by atoms with E-state index < -0.39 is 11.7 Å². The summed E-state index contributed by atoms with van der Waals surface area (Å²) in [6.45, 7) is 9.27. The van der Waals surface area contributed by atoms with Gasteiger partial charge >= 0.3 is 6.09 Å². The van der Waals surface area contributed by atoms with Crippen LogP contribution in [-0.4, -0.2) is 16.7 Å². The van der Waals surface area contributed by atoms with Crippen LogP contribution in [-0.2, 0) is 4.74 Å². The van der Waals surface area contributed by atoms with E-state index in [2.05, 4.69) is 26.2 Å². The third kappa shape index (κ3) is 4.34. The number of anilines is 1. The van der Waals surface area contributed by atoms with Gasteiger partial charge in [-0.1, -0.05) is 0 Å². The summed E-state index contributed by atoms with van der Waals surface area (Å²) in [4.78, 5) is 15.8. The Morgan fingerprint density at radius 1 is 1.41 bits per heavy atom. The average molecular weight is 301 g/mol. The summed E-state index contributed by atoms with van der Waals surface area (Å²) >= 11 is 3.42. The van der Waals surface area contributed by atoms with Gasteiger partial charge in [0.15, 0.2) is 0 Å². The Balaban J connectivity index is 2.79. The summed E-state index contributed by atoms with van der Waals surface area (Å²) < 4.78 is 6.10. The van der Waals surface area contributed by atoms with E-state index in [1.165, 1.54) is 0 Å². The first-order chi connectivity index (χ1) is 7.69. The SMILES string of the molecule is Cc1cc(NC(=O)OC(C)(C)C)nc(C)c1Br. The molecule has 0 aliphatic heterocycles. The highest BCUT2D eigenvalue weighted by Gasteiger charge is 2.17. The van der Waals surface area contributed by atoms with Gasteiger partial charge in [-0.05, 0) is 62.2 Å².